The van der Waals surface area contributed by atoms with E-state index in [0.29, 0.717) is 31.8 Å². The molecule has 1 heterocycles. The van der Waals surface area contributed by atoms with E-state index in [4.69, 9.17) is 4.74 Å². The summed E-state index contributed by atoms with van der Waals surface area (Å²) < 4.78 is 4.80. The number of ether oxygens (including phenoxy) is 1. The summed E-state index contributed by atoms with van der Waals surface area (Å²) in [6.45, 7) is 3.92. The van der Waals surface area contributed by atoms with Gasteiger partial charge in [-0.2, -0.15) is 0 Å². The van der Waals surface area contributed by atoms with Gasteiger partial charge in [0.25, 0.3) is 5.91 Å². The Morgan fingerprint density at radius 1 is 1.39 bits per heavy atom. The molecule has 18 heavy (non-hydrogen) atoms. The van der Waals surface area contributed by atoms with Gasteiger partial charge in [-0.1, -0.05) is 17.7 Å². The monoisotopic (exact) mass is 248 g/mol. The molecule has 1 N–H and O–H groups in total. The van der Waals surface area contributed by atoms with Crippen LogP contribution in [0.2, 0.25) is 0 Å². The molecule has 5 nitrogen and oxygen atoms in total. The second-order valence-corrected chi connectivity index (χ2v) is 4.22. The van der Waals surface area contributed by atoms with Gasteiger partial charge < -0.3 is 15.0 Å². The number of rotatable bonds is 4. The van der Waals surface area contributed by atoms with Crippen molar-refractivity contribution < 1.29 is 14.3 Å². The highest BCUT2D eigenvalue weighted by molar-refractivity contribution is 5.94. The minimum atomic E-state index is -0.306. The van der Waals surface area contributed by atoms with Crippen LogP contribution in [0.3, 0.4) is 0 Å². The van der Waals surface area contributed by atoms with Crippen molar-refractivity contribution >= 4 is 12.0 Å². The van der Waals surface area contributed by atoms with E-state index in [1.165, 1.54) is 0 Å². The number of amides is 2. The van der Waals surface area contributed by atoms with E-state index < -0.39 is 0 Å². The van der Waals surface area contributed by atoms with Crippen molar-refractivity contribution in [3.05, 3.63) is 35.4 Å². The third kappa shape index (κ3) is 3.00. The van der Waals surface area contributed by atoms with Crippen LogP contribution in [0.15, 0.2) is 24.3 Å². The maximum Gasteiger partial charge on any atom is 0.409 e. The number of nitrogens with one attached hydrogen (secondary N) is 1. The van der Waals surface area contributed by atoms with Crippen LogP contribution in [0.1, 0.15) is 15.9 Å². The third-order valence-electron chi connectivity index (χ3n) is 2.83. The Morgan fingerprint density at radius 3 is 2.72 bits per heavy atom. The summed E-state index contributed by atoms with van der Waals surface area (Å²) in [6, 6.07) is 7.36. The molecular weight excluding hydrogens is 232 g/mol. The first-order chi connectivity index (χ1) is 8.66. The number of nitrogens with zero attached hydrogens (tertiary/aromatic N) is 1. The summed E-state index contributed by atoms with van der Waals surface area (Å²) >= 11 is 0. The van der Waals surface area contributed by atoms with Gasteiger partial charge >= 0.3 is 6.09 Å². The molecule has 0 aliphatic carbocycles. The second kappa shape index (κ2) is 5.53. The molecule has 2 rings (SSSR count). The van der Waals surface area contributed by atoms with Gasteiger partial charge in [-0.3, -0.25) is 4.79 Å². The molecule has 1 fully saturated rings. The Hall–Kier alpha value is -2.04. The minimum absolute atomic E-state index is 0.123. The van der Waals surface area contributed by atoms with Gasteiger partial charge in [0, 0.05) is 18.7 Å². The van der Waals surface area contributed by atoms with Crippen LogP contribution in [-0.4, -0.2) is 43.1 Å². The molecule has 5 heteroatoms. The summed E-state index contributed by atoms with van der Waals surface area (Å²) in [6.07, 6.45) is -0.306. The van der Waals surface area contributed by atoms with Crippen molar-refractivity contribution in [3.8, 4) is 0 Å². The number of hydrogen-bond acceptors (Lipinski definition) is 3. The number of aryl methyl sites for hydroxylation is 1. The molecule has 1 saturated heterocycles. The quantitative estimate of drug-likeness (QED) is 0.870. The lowest BCUT2D eigenvalue weighted by Gasteiger charge is -2.12. The molecule has 1 aromatic rings. The van der Waals surface area contributed by atoms with Crippen molar-refractivity contribution in [1.82, 2.24) is 10.2 Å². The Morgan fingerprint density at radius 2 is 2.11 bits per heavy atom. The van der Waals surface area contributed by atoms with Crippen molar-refractivity contribution in [2.75, 3.05) is 26.2 Å². The number of carbonyl (C=O) groups is 2. The zero-order valence-corrected chi connectivity index (χ0v) is 10.3. The summed E-state index contributed by atoms with van der Waals surface area (Å²) in [5.41, 5.74) is 1.75. The summed E-state index contributed by atoms with van der Waals surface area (Å²) in [7, 11) is 0. The smallest absolute Gasteiger partial charge is 0.409 e. The average molecular weight is 248 g/mol. The molecule has 0 radical (unpaired) electrons. The molecule has 0 spiro atoms. The van der Waals surface area contributed by atoms with E-state index in [1.54, 1.807) is 17.0 Å². The van der Waals surface area contributed by atoms with E-state index in [1.807, 2.05) is 19.1 Å². The molecule has 0 saturated carbocycles. The molecular formula is C13H16N2O3. The Kier molecular flexibility index (Phi) is 3.82. The molecule has 0 unspecified atom stereocenters. The molecule has 1 aliphatic heterocycles. The number of cyclic esters (lactones) is 1. The van der Waals surface area contributed by atoms with Gasteiger partial charge in [-0.15, -0.1) is 0 Å². The maximum atomic E-state index is 11.8. The Balaban J connectivity index is 1.78. The third-order valence-corrected chi connectivity index (χ3v) is 2.83. The normalized spacial score (nSPS) is 14.5. The van der Waals surface area contributed by atoms with Gasteiger partial charge in [0.2, 0.25) is 0 Å². The molecule has 0 aromatic heterocycles. The zero-order valence-electron chi connectivity index (χ0n) is 10.3. The lowest BCUT2D eigenvalue weighted by atomic mass is 10.1. The average Bonchev–Trinajstić information content (AvgIpc) is 2.76. The Bertz CT molecular complexity index is 442. The first kappa shape index (κ1) is 12.4. The van der Waals surface area contributed by atoms with Crippen molar-refractivity contribution in [1.29, 1.82) is 0 Å². The van der Waals surface area contributed by atoms with Crippen LogP contribution in [0, 0.1) is 6.92 Å². The highest BCUT2D eigenvalue weighted by Gasteiger charge is 2.21. The second-order valence-electron chi connectivity index (χ2n) is 4.22. The standard InChI is InChI=1S/C13H16N2O3/c1-10-2-4-11(5-3-10)12(16)14-6-7-15-8-9-18-13(15)17/h2-5H,6-9H2,1H3,(H,14,16). The number of benzene rings is 1. The van der Waals surface area contributed by atoms with Crippen LogP contribution in [0.25, 0.3) is 0 Å². The van der Waals surface area contributed by atoms with Crippen LogP contribution in [0.5, 0.6) is 0 Å². The summed E-state index contributed by atoms with van der Waals surface area (Å²) in [5, 5.41) is 2.78. The van der Waals surface area contributed by atoms with E-state index in [9.17, 15) is 9.59 Å². The molecule has 1 aliphatic rings. The number of hydrogen-bond donors (Lipinski definition) is 1. The van der Waals surface area contributed by atoms with Crippen LogP contribution < -0.4 is 5.32 Å². The van der Waals surface area contributed by atoms with E-state index in [-0.39, 0.29) is 12.0 Å². The van der Waals surface area contributed by atoms with Gasteiger partial charge in [-0.25, -0.2) is 4.79 Å². The fraction of sp³-hybridized carbons (Fsp3) is 0.385. The van der Waals surface area contributed by atoms with E-state index in [0.717, 1.165) is 5.56 Å². The Labute approximate surface area is 106 Å². The van der Waals surface area contributed by atoms with Gasteiger partial charge in [0.1, 0.15) is 6.61 Å². The van der Waals surface area contributed by atoms with Gasteiger partial charge in [0.15, 0.2) is 0 Å². The molecule has 1 aromatic carbocycles. The highest BCUT2D eigenvalue weighted by atomic mass is 16.6. The van der Waals surface area contributed by atoms with Crippen LogP contribution in [-0.2, 0) is 4.74 Å². The van der Waals surface area contributed by atoms with Crippen molar-refractivity contribution in [2.45, 2.75) is 6.92 Å². The first-order valence-electron chi connectivity index (χ1n) is 5.93. The van der Waals surface area contributed by atoms with Crippen LogP contribution in [0.4, 0.5) is 4.79 Å². The molecule has 0 atom stereocenters. The largest absolute Gasteiger partial charge is 0.448 e. The lowest BCUT2D eigenvalue weighted by molar-refractivity contribution is 0.0949. The van der Waals surface area contributed by atoms with Gasteiger partial charge in [-0.05, 0) is 19.1 Å². The molecule has 96 valence electrons. The minimum Gasteiger partial charge on any atom is -0.448 e. The fourth-order valence-corrected chi connectivity index (χ4v) is 1.74. The topological polar surface area (TPSA) is 58.6 Å². The summed E-state index contributed by atoms with van der Waals surface area (Å²) in [4.78, 5) is 24.5. The van der Waals surface area contributed by atoms with Crippen molar-refractivity contribution in [3.63, 3.8) is 0 Å². The lowest BCUT2D eigenvalue weighted by Crippen LogP contribution is -2.35. The SMILES string of the molecule is Cc1ccc(C(=O)NCCN2CCOC2=O)cc1. The van der Waals surface area contributed by atoms with Gasteiger partial charge in [0.05, 0.1) is 6.54 Å². The summed E-state index contributed by atoms with van der Waals surface area (Å²) in [5.74, 6) is -0.123. The highest BCUT2D eigenvalue weighted by Crippen LogP contribution is 2.03. The molecule has 0 bridgehead atoms. The molecule has 2 amide bonds. The first-order valence-corrected chi connectivity index (χ1v) is 5.93. The predicted molar refractivity (Wildman–Crippen MR) is 66.4 cm³/mol. The van der Waals surface area contributed by atoms with Crippen LogP contribution >= 0.6 is 0 Å². The van der Waals surface area contributed by atoms with E-state index in [2.05, 4.69) is 5.32 Å². The van der Waals surface area contributed by atoms with Crippen molar-refractivity contribution in [2.24, 2.45) is 0 Å². The fourth-order valence-electron chi connectivity index (χ4n) is 1.74. The predicted octanol–water partition coefficient (Wildman–Crippen LogP) is 1.18. The zero-order chi connectivity index (χ0) is 13.0. The maximum absolute atomic E-state index is 11.8. The van der Waals surface area contributed by atoms with E-state index >= 15 is 0 Å². The number of carbonyl (C=O) groups excluding carboxylic acids is 2.